The van der Waals surface area contributed by atoms with Gasteiger partial charge in [-0.05, 0) is 54.3 Å². The Labute approximate surface area is 144 Å². The van der Waals surface area contributed by atoms with Crippen LogP contribution in [0.3, 0.4) is 0 Å². The van der Waals surface area contributed by atoms with Crippen LogP contribution in [0.1, 0.15) is 36.8 Å². The highest BCUT2D eigenvalue weighted by molar-refractivity contribution is 7.19. The molecule has 8 heteroatoms. The summed E-state index contributed by atoms with van der Waals surface area (Å²) < 4.78 is 1.11. The summed E-state index contributed by atoms with van der Waals surface area (Å²) in [6.07, 6.45) is 1.76. The summed E-state index contributed by atoms with van der Waals surface area (Å²) in [5, 5.41) is 14.9. The van der Waals surface area contributed by atoms with Crippen LogP contribution in [0, 0.1) is 5.92 Å². The van der Waals surface area contributed by atoms with Crippen LogP contribution in [0.25, 0.3) is 20.5 Å². The molecular weight excluding hydrogens is 326 g/mol. The molecule has 0 saturated heterocycles. The molecule has 0 saturated carbocycles. The van der Waals surface area contributed by atoms with Gasteiger partial charge < -0.3 is 5.73 Å². The molecule has 2 aromatic rings. The molecule has 1 heterocycles. The second-order valence-electron chi connectivity index (χ2n) is 5.93. The molecule has 0 aliphatic heterocycles. The standard InChI is InChI=1S/C16H21N5O2S/c1-10(5-6-19-20-18)7-12-3-4-13-9-14(24-15(13)8-12)11(2)21(23)16(17)22/h3-4,8-11,23H,5-7H2,1-2H3,(H2,17,22). The quantitative estimate of drug-likeness (QED) is 0.250. The molecule has 1 aromatic carbocycles. The number of nitrogens with two attached hydrogens (primary N) is 1. The van der Waals surface area contributed by atoms with Crippen LogP contribution in [-0.2, 0) is 6.42 Å². The molecule has 128 valence electrons. The van der Waals surface area contributed by atoms with E-state index >= 15 is 0 Å². The van der Waals surface area contributed by atoms with Crippen molar-refractivity contribution in [2.45, 2.75) is 32.7 Å². The zero-order valence-corrected chi connectivity index (χ0v) is 14.5. The molecule has 3 N–H and O–H groups in total. The number of carbonyl (C=O) groups excluding carboxylic acids is 1. The summed E-state index contributed by atoms with van der Waals surface area (Å²) in [5.74, 6) is 0.425. The third kappa shape index (κ3) is 4.38. The average Bonchev–Trinajstić information content (AvgIpc) is 2.96. The zero-order chi connectivity index (χ0) is 17.7. The second kappa shape index (κ2) is 8.01. The molecule has 7 nitrogen and oxygen atoms in total. The van der Waals surface area contributed by atoms with Crippen LogP contribution in [0.15, 0.2) is 29.4 Å². The first kappa shape index (κ1) is 18.1. The number of nitrogens with zero attached hydrogens (tertiary/aromatic N) is 4. The highest BCUT2D eigenvalue weighted by atomic mass is 32.1. The summed E-state index contributed by atoms with van der Waals surface area (Å²) in [6, 6.07) is 6.88. The maximum Gasteiger partial charge on any atom is 0.339 e. The first-order chi connectivity index (χ1) is 11.4. The lowest BCUT2D eigenvalue weighted by atomic mass is 9.98. The number of azide groups is 1. The fourth-order valence-electron chi connectivity index (χ4n) is 2.57. The van der Waals surface area contributed by atoms with Gasteiger partial charge in [0.25, 0.3) is 0 Å². The van der Waals surface area contributed by atoms with Gasteiger partial charge >= 0.3 is 6.03 Å². The minimum Gasteiger partial charge on any atom is -0.350 e. The first-order valence-corrected chi connectivity index (χ1v) is 8.54. The Hall–Kier alpha value is -2.28. The van der Waals surface area contributed by atoms with Crippen molar-refractivity contribution in [3.63, 3.8) is 0 Å². The van der Waals surface area contributed by atoms with Crippen LogP contribution in [-0.4, -0.2) is 22.8 Å². The number of thiophene rings is 1. The molecule has 1 aromatic heterocycles. The number of fused-ring (bicyclic) bond motifs is 1. The topological polar surface area (TPSA) is 115 Å². The molecule has 24 heavy (non-hydrogen) atoms. The van der Waals surface area contributed by atoms with E-state index in [2.05, 4.69) is 29.1 Å². The van der Waals surface area contributed by atoms with Gasteiger partial charge in [-0.2, -0.15) is 5.06 Å². The Morgan fingerprint density at radius 1 is 1.46 bits per heavy atom. The van der Waals surface area contributed by atoms with Gasteiger partial charge in [-0.1, -0.05) is 24.2 Å². The van der Waals surface area contributed by atoms with Crippen molar-refractivity contribution in [2.24, 2.45) is 16.8 Å². The van der Waals surface area contributed by atoms with Crippen molar-refractivity contribution in [1.82, 2.24) is 5.06 Å². The van der Waals surface area contributed by atoms with Gasteiger partial charge in [0.2, 0.25) is 0 Å². The Bertz CT molecular complexity index is 769. The number of hydrogen-bond acceptors (Lipinski definition) is 4. The van der Waals surface area contributed by atoms with Crippen molar-refractivity contribution >= 4 is 27.5 Å². The van der Waals surface area contributed by atoms with Crippen LogP contribution < -0.4 is 5.73 Å². The highest BCUT2D eigenvalue weighted by Crippen LogP contribution is 2.33. The summed E-state index contributed by atoms with van der Waals surface area (Å²) in [7, 11) is 0. The van der Waals surface area contributed by atoms with Crippen molar-refractivity contribution in [3.05, 3.63) is 45.1 Å². The van der Waals surface area contributed by atoms with Crippen molar-refractivity contribution < 1.29 is 10.0 Å². The summed E-state index contributed by atoms with van der Waals surface area (Å²) in [4.78, 5) is 14.7. The average molecular weight is 347 g/mol. The maximum atomic E-state index is 11.1. The Morgan fingerprint density at radius 3 is 2.88 bits per heavy atom. The Balaban J connectivity index is 2.13. The molecule has 0 aliphatic rings. The third-order valence-electron chi connectivity index (χ3n) is 3.98. The van der Waals surface area contributed by atoms with E-state index in [1.165, 1.54) is 16.9 Å². The number of hydrogen-bond donors (Lipinski definition) is 2. The van der Waals surface area contributed by atoms with Crippen molar-refractivity contribution in [3.8, 4) is 0 Å². The number of urea groups is 1. The number of benzene rings is 1. The lowest BCUT2D eigenvalue weighted by Gasteiger charge is -2.18. The van der Waals surface area contributed by atoms with Crippen LogP contribution in [0.2, 0.25) is 0 Å². The van der Waals surface area contributed by atoms with Gasteiger partial charge in [0.1, 0.15) is 0 Å². The molecular formula is C16H21N5O2S. The number of hydroxylamine groups is 2. The van der Waals surface area contributed by atoms with E-state index < -0.39 is 12.1 Å². The van der Waals surface area contributed by atoms with E-state index in [4.69, 9.17) is 11.3 Å². The van der Waals surface area contributed by atoms with Gasteiger partial charge in [0.05, 0.1) is 6.04 Å². The van der Waals surface area contributed by atoms with Crippen molar-refractivity contribution in [1.29, 1.82) is 0 Å². The minimum atomic E-state index is -0.866. The Kier molecular flexibility index (Phi) is 6.03. The zero-order valence-electron chi connectivity index (χ0n) is 13.7. The monoisotopic (exact) mass is 347 g/mol. The van der Waals surface area contributed by atoms with Crippen LogP contribution in [0.4, 0.5) is 4.79 Å². The lowest BCUT2D eigenvalue weighted by Crippen LogP contribution is -2.34. The van der Waals surface area contributed by atoms with Gasteiger partial charge in [-0.15, -0.1) is 11.3 Å². The molecule has 2 unspecified atom stereocenters. The first-order valence-electron chi connectivity index (χ1n) is 7.73. The van der Waals surface area contributed by atoms with Gasteiger partial charge in [-0.3, -0.25) is 5.21 Å². The smallest absolute Gasteiger partial charge is 0.339 e. The van der Waals surface area contributed by atoms with E-state index in [1.807, 2.05) is 12.1 Å². The molecule has 2 atom stereocenters. The van der Waals surface area contributed by atoms with Crippen LogP contribution in [0.5, 0.6) is 0 Å². The largest absolute Gasteiger partial charge is 0.350 e. The predicted octanol–water partition coefficient (Wildman–Crippen LogP) is 4.61. The number of rotatable bonds is 7. The molecule has 0 spiro atoms. The second-order valence-corrected chi connectivity index (χ2v) is 7.05. The van der Waals surface area contributed by atoms with E-state index in [9.17, 15) is 10.0 Å². The molecule has 0 fully saturated rings. The summed E-state index contributed by atoms with van der Waals surface area (Å²) in [6.45, 7) is 4.38. The third-order valence-corrected chi connectivity index (χ3v) is 5.25. The minimum absolute atomic E-state index is 0.425. The lowest BCUT2D eigenvalue weighted by molar-refractivity contribution is -0.0700. The SMILES string of the molecule is CC(CCN=[N+]=[N-])Cc1ccc2cc(C(C)N(O)C(N)=O)sc2c1. The number of primary amides is 1. The molecule has 0 aliphatic carbocycles. The molecule has 2 amide bonds. The summed E-state index contributed by atoms with van der Waals surface area (Å²) >= 11 is 1.54. The van der Waals surface area contributed by atoms with Gasteiger partial charge in [0.15, 0.2) is 0 Å². The fraction of sp³-hybridized carbons (Fsp3) is 0.438. The fourth-order valence-corrected chi connectivity index (χ4v) is 3.73. The molecule has 0 bridgehead atoms. The van der Waals surface area contributed by atoms with Gasteiger partial charge in [-0.25, -0.2) is 4.79 Å². The van der Waals surface area contributed by atoms with E-state index in [0.29, 0.717) is 17.5 Å². The molecule has 0 radical (unpaired) electrons. The highest BCUT2D eigenvalue weighted by Gasteiger charge is 2.19. The predicted molar refractivity (Wildman–Crippen MR) is 94.9 cm³/mol. The van der Waals surface area contributed by atoms with E-state index in [1.54, 1.807) is 6.92 Å². The van der Waals surface area contributed by atoms with Gasteiger partial charge in [0, 0.05) is 21.0 Å². The van der Waals surface area contributed by atoms with Crippen molar-refractivity contribution in [2.75, 3.05) is 6.54 Å². The molecule has 2 rings (SSSR count). The van der Waals surface area contributed by atoms with E-state index in [0.717, 1.165) is 27.8 Å². The van der Waals surface area contributed by atoms with Crippen LogP contribution >= 0.6 is 11.3 Å². The Morgan fingerprint density at radius 2 is 2.21 bits per heavy atom. The normalized spacial score (nSPS) is 13.3. The number of amides is 2. The number of carbonyl (C=O) groups is 1. The maximum absolute atomic E-state index is 11.1. The summed E-state index contributed by atoms with van der Waals surface area (Å²) in [5.41, 5.74) is 14.6. The van der Waals surface area contributed by atoms with E-state index in [-0.39, 0.29) is 0 Å².